The SMILES string of the molecule is [C-]#[N+]CCNC(CNC(C)=O)C1CCN(c2ccc3c(=O)[nH]c(=O)n(C4CC4)c3c2OC)C1. The van der Waals surface area contributed by atoms with Crippen molar-refractivity contribution in [2.45, 2.75) is 38.3 Å². The van der Waals surface area contributed by atoms with Crippen molar-refractivity contribution in [2.75, 3.05) is 44.7 Å². The maximum absolute atomic E-state index is 12.6. The van der Waals surface area contributed by atoms with Gasteiger partial charge in [0.05, 0.1) is 24.7 Å². The molecule has 2 fully saturated rings. The summed E-state index contributed by atoms with van der Waals surface area (Å²) in [7, 11) is 1.57. The molecule has 176 valence electrons. The van der Waals surface area contributed by atoms with Gasteiger partial charge in [0.25, 0.3) is 5.56 Å². The molecule has 2 aromatic rings. The van der Waals surface area contributed by atoms with Crippen molar-refractivity contribution in [3.05, 3.63) is 44.4 Å². The predicted octanol–water partition coefficient (Wildman–Crippen LogP) is 0.873. The maximum Gasteiger partial charge on any atom is 0.329 e. The van der Waals surface area contributed by atoms with Gasteiger partial charge in [-0.2, -0.15) is 0 Å². The molecule has 1 saturated heterocycles. The molecule has 33 heavy (non-hydrogen) atoms. The molecule has 10 nitrogen and oxygen atoms in total. The molecule has 10 heteroatoms. The summed E-state index contributed by atoms with van der Waals surface area (Å²) in [6, 6.07) is 3.77. The number of ether oxygens (including phenoxy) is 1. The number of carbonyl (C=O) groups excluding carboxylic acids is 1. The van der Waals surface area contributed by atoms with Gasteiger partial charge in [-0.25, -0.2) is 11.4 Å². The molecular formula is C23H30N6O4. The van der Waals surface area contributed by atoms with Gasteiger partial charge in [-0.3, -0.25) is 19.1 Å². The second kappa shape index (κ2) is 9.67. The van der Waals surface area contributed by atoms with Crippen LogP contribution >= 0.6 is 0 Å². The third-order valence-electron chi connectivity index (χ3n) is 6.49. The van der Waals surface area contributed by atoms with Crippen molar-refractivity contribution in [2.24, 2.45) is 5.92 Å². The Bertz CT molecular complexity index is 1190. The molecule has 2 unspecified atom stereocenters. The molecule has 3 N–H and O–H groups in total. The van der Waals surface area contributed by atoms with E-state index in [1.54, 1.807) is 17.7 Å². The first-order valence-corrected chi connectivity index (χ1v) is 11.4. The standard InChI is InChI=1S/C23H30N6O4/c1-14(30)26-12-18(25-10-9-24-2)15-8-11-28(13-15)19-7-6-17-20(21(19)33-3)29(16-4-5-16)23(32)27-22(17)31/h6-7,15-16,18,25H,4-5,8-13H2,1,3H3,(H,26,30)(H,27,31,32). The highest BCUT2D eigenvalue weighted by Gasteiger charge is 2.33. The molecule has 1 aliphatic heterocycles. The van der Waals surface area contributed by atoms with Crippen LogP contribution in [0.4, 0.5) is 5.69 Å². The Kier molecular flexibility index (Phi) is 6.70. The quantitative estimate of drug-likeness (QED) is 0.383. The number of anilines is 1. The van der Waals surface area contributed by atoms with Gasteiger partial charge >= 0.3 is 5.69 Å². The third kappa shape index (κ3) is 4.73. The van der Waals surface area contributed by atoms with Crippen LogP contribution in [0.2, 0.25) is 0 Å². The first-order valence-electron chi connectivity index (χ1n) is 11.4. The molecule has 2 atom stereocenters. The summed E-state index contributed by atoms with van der Waals surface area (Å²) in [5, 5.41) is 6.76. The molecule has 1 aromatic carbocycles. The Morgan fingerprint density at radius 1 is 1.33 bits per heavy atom. The number of amides is 1. The minimum atomic E-state index is -0.407. The number of methoxy groups -OCH3 is 1. The van der Waals surface area contributed by atoms with Gasteiger partial charge in [-0.15, -0.1) is 0 Å². The number of hydrogen-bond acceptors (Lipinski definition) is 6. The summed E-state index contributed by atoms with van der Waals surface area (Å²) in [5.74, 6) is 0.719. The van der Waals surface area contributed by atoms with Gasteiger partial charge < -0.3 is 25.1 Å². The molecule has 2 heterocycles. The highest BCUT2D eigenvalue weighted by molar-refractivity contribution is 5.90. The summed E-state index contributed by atoms with van der Waals surface area (Å²) in [5.41, 5.74) is 0.602. The van der Waals surface area contributed by atoms with Crippen LogP contribution in [-0.2, 0) is 4.79 Å². The summed E-state index contributed by atoms with van der Waals surface area (Å²) in [4.78, 5) is 44.6. The van der Waals surface area contributed by atoms with Gasteiger partial charge in [0.15, 0.2) is 5.75 Å². The van der Waals surface area contributed by atoms with Gasteiger partial charge in [0.1, 0.15) is 5.52 Å². The lowest BCUT2D eigenvalue weighted by Gasteiger charge is -2.26. The number of aromatic nitrogens is 2. The summed E-state index contributed by atoms with van der Waals surface area (Å²) in [6.07, 6.45) is 2.71. The van der Waals surface area contributed by atoms with Crippen molar-refractivity contribution >= 4 is 22.5 Å². The summed E-state index contributed by atoms with van der Waals surface area (Å²) in [6.45, 7) is 11.5. The van der Waals surface area contributed by atoms with Crippen LogP contribution in [0.25, 0.3) is 15.7 Å². The number of carbonyl (C=O) groups is 1. The molecule has 1 aliphatic carbocycles. The minimum Gasteiger partial charge on any atom is -0.492 e. The van der Waals surface area contributed by atoms with Crippen molar-refractivity contribution in [3.63, 3.8) is 0 Å². The molecule has 1 amide bonds. The minimum absolute atomic E-state index is 0.0413. The van der Waals surface area contributed by atoms with Crippen LogP contribution in [0.15, 0.2) is 21.7 Å². The van der Waals surface area contributed by atoms with E-state index in [0.717, 1.165) is 38.0 Å². The Hall–Kier alpha value is -3.32. The zero-order valence-corrected chi connectivity index (χ0v) is 19.0. The van der Waals surface area contributed by atoms with E-state index in [2.05, 4.69) is 25.4 Å². The molecule has 1 aromatic heterocycles. The second-order valence-electron chi connectivity index (χ2n) is 8.75. The Morgan fingerprint density at radius 3 is 2.79 bits per heavy atom. The number of fused-ring (bicyclic) bond motifs is 1. The van der Waals surface area contributed by atoms with Crippen LogP contribution in [0.1, 0.15) is 32.2 Å². The van der Waals surface area contributed by atoms with Crippen LogP contribution < -0.4 is 31.5 Å². The molecule has 0 bridgehead atoms. The fraction of sp³-hybridized carbons (Fsp3) is 0.565. The molecule has 2 aliphatic rings. The lowest BCUT2D eigenvalue weighted by molar-refractivity contribution is -0.119. The van der Waals surface area contributed by atoms with Gasteiger partial charge in [-0.05, 0) is 37.3 Å². The first-order chi connectivity index (χ1) is 15.9. The molecule has 1 saturated carbocycles. The average Bonchev–Trinajstić information content (AvgIpc) is 3.50. The maximum atomic E-state index is 12.6. The normalized spacial score (nSPS) is 18.8. The van der Waals surface area contributed by atoms with Crippen LogP contribution in [0, 0.1) is 12.5 Å². The molecule has 0 radical (unpaired) electrons. The highest BCUT2D eigenvalue weighted by Crippen LogP contribution is 2.42. The van der Waals surface area contributed by atoms with Crippen molar-refractivity contribution in [1.29, 1.82) is 0 Å². The number of aromatic amines is 1. The summed E-state index contributed by atoms with van der Waals surface area (Å²) < 4.78 is 7.46. The van der Waals surface area contributed by atoms with Crippen LogP contribution in [0.5, 0.6) is 5.75 Å². The predicted molar refractivity (Wildman–Crippen MR) is 126 cm³/mol. The van der Waals surface area contributed by atoms with E-state index < -0.39 is 11.2 Å². The monoisotopic (exact) mass is 454 g/mol. The summed E-state index contributed by atoms with van der Waals surface area (Å²) >= 11 is 0. The van der Waals surface area contributed by atoms with E-state index in [9.17, 15) is 14.4 Å². The molecular weight excluding hydrogens is 424 g/mol. The number of hydrogen-bond donors (Lipinski definition) is 3. The highest BCUT2D eigenvalue weighted by atomic mass is 16.5. The van der Waals surface area contributed by atoms with E-state index in [1.807, 2.05) is 6.07 Å². The zero-order chi connectivity index (χ0) is 23.5. The first kappa shape index (κ1) is 22.9. The van der Waals surface area contributed by atoms with Gasteiger partial charge in [-0.1, -0.05) is 0 Å². The lowest BCUT2D eigenvalue weighted by atomic mass is 9.98. The van der Waals surface area contributed by atoms with Gasteiger partial charge in [0, 0.05) is 38.6 Å². The van der Waals surface area contributed by atoms with Gasteiger partial charge in [0.2, 0.25) is 12.5 Å². The van der Waals surface area contributed by atoms with E-state index in [-0.39, 0.29) is 23.9 Å². The molecule has 4 rings (SSSR count). The Balaban J connectivity index is 1.65. The topological polar surface area (TPSA) is 113 Å². The van der Waals surface area contributed by atoms with E-state index in [4.69, 9.17) is 11.3 Å². The zero-order valence-electron chi connectivity index (χ0n) is 19.0. The third-order valence-corrected chi connectivity index (χ3v) is 6.49. The van der Waals surface area contributed by atoms with Crippen molar-refractivity contribution in [3.8, 4) is 5.75 Å². The van der Waals surface area contributed by atoms with Crippen molar-refractivity contribution in [1.82, 2.24) is 20.2 Å². The van der Waals surface area contributed by atoms with E-state index >= 15 is 0 Å². The van der Waals surface area contributed by atoms with E-state index in [0.29, 0.717) is 36.3 Å². The Labute approximate surface area is 191 Å². The van der Waals surface area contributed by atoms with Crippen LogP contribution in [0.3, 0.4) is 0 Å². The fourth-order valence-corrected chi connectivity index (χ4v) is 4.74. The number of benzene rings is 1. The number of rotatable bonds is 9. The number of H-pyrrole nitrogens is 1. The van der Waals surface area contributed by atoms with Crippen LogP contribution in [-0.4, -0.2) is 61.3 Å². The fourth-order valence-electron chi connectivity index (χ4n) is 4.74. The van der Waals surface area contributed by atoms with Crippen molar-refractivity contribution < 1.29 is 9.53 Å². The average molecular weight is 455 g/mol. The lowest BCUT2D eigenvalue weighted by Crippen LogP contribution is -2.46. The Morgan fingerprint density at radius 2 is 2.12 bits per heavy atom. The number of nitrogens with one attached hydrogen (secondary N) is 3. The largest absolute Gasteiger partial charge is 0.492 e. The van der Waals surface area contributed by atoms with E-state index in [1.165, 1.54) is 6.92 Å². The smallest absolute Gasteiger partial charge is 0.329 e. The second-order valence-corrected chi connectivity index (χ2v) is 8.75. The number of nitrogens with zero attached hydrogens (tertiary/aromatic N) is 3. The molecule has 0 spiro atoms.